The zero-order chi connectivity index (χ0) is 15.8. The lowest BCUT2D eigenvalue weighted by atomic mass is 9.99. The molecule has 0 atom stereocenters. The minimum Gasteiger partial charge on any atom is -0.375 e. The van der Waals surface area contributed by atoms with Crippen LogP contribution in [0.2, 0.25) is 0 Å². The molecule has 22 heavy (non-hydrogen) atoms. The fourth-order valence-corrected chi connectivity index (χ4v) is 2.83. The summed E-state index contributed by atoms with van der Waals surface area (Å²) in [6.07, 6.45) is 3.40. The highest BCUT2D eigenvalue weighted by Gasteiger charge is 2.17. The zero-order valence-corrected chi connectivity index (χ0v) is 13.9. The van der Waals surface area contributed by atoms with Gasteiger partial charge in [-0.2, -0.15) is 0 Å². The van der Waals surface area contributed by atoms with Gasteiger partial charge in [0.15, 0.2) is 0 Å². The molecule has 0 unspecified atom stereocenters. The molecule has 1 aromatic carbocycles. The van der Waals surface area contributed by atoms with E-state index in [0.29, 0.717) is 6.54 Å². The van der Waals surface area contributed by atoms with Gasteiger partial charge in [-0.1, -0.05) is 25.1 Å². The third-order valence-electron chi connectivity index (χ3n) is 4.43. The third kappa shape index (κ3) is 5.68. The average Bonchev–Trinajstić information content (AvgIpc) is 2.54. The second-order valence-corrected chi connectivity index (χ2v) is 6.42. The Balaban J connectivity index is 1.57. The van der Waals surface area contributed by atoms with Crippen molar-refractivity contribution in [1.29, 1.82) is 0 Å². The number of nitrogens with one attached hydrogen (secondary N) is 1. The molecule has 0 radical (unpaired) electrons. The molecule has 0 aromatic heterocycles. The molecule has 0 saturated carbocycles. The Bertz CT molecular complexity index is 441. The quantitative estimate of drug-likeness (QED) is 0.786. The topological polar surface area (TPSA) is 35.6 Å². The van der Waals surface area contributed by atoms with E-state index in [-0.39, 0.29) is 5.91 Å². The fraction of sp³-hybridized carbons (Fsp3) is 0.611. The number of nitrogens with zero attached hydrogens (tertiary/aromatic N) is 2. The van der Waals surface area contributed by atoms with Crippen molar-refractivity contribution in [3.63, 3.8) is 0 Å². The smallest absolute Gasteiger partial charge is 0.234 e. The van der Waals surface area contributed by atoms with Crippen LogP contribution in [0.4, 0.5) is 5.69 Å². The minimum atomic E-state index is 0.164. The molecular formula is C18H29N3O. The van der Waals surface area contributed by atoms with Gasteiger partial charge in [0, 0.05) is 25.8 Å². The maximum absolute atomic E-state index is 11.9. The average molecular weight is 303 g/mol. The number of rotatable bonds is 7. The molecular weight excluding hydrogens is 274 g/mol. The van der Waals surface area contributed by atoms with Crippen molar-refractivity contribution in [2.45, 2.75) is 26.2 Å². The van der Waals surface area contributed by atoms with Gasteiger partial charge in [0.25, 0.3) is 0 Å². The summed E-state index contributed by atoms with van der Waals surface area (Å²) in [6.45, 7) is 6.67. The van der Waals surface area contributed by atoms with E-state index in [4.69, 9.17) is 0 Å². The third-order valence-corrected chi connectivity index (χ3v) is 4.43. The molecule has 1 heterocycles. The van der Waals surface area contributed by atoms with E-state index >= 15 is 0 Å². The van der Waals surface area contributed by atoms with Gasteiger partial charge in [0.2, 0.25) is 5.91 Å². The highest BCUT2D eigenvalue weighted by atomic mass is 16.2. The summed E-state index contributed by atoms with van der Waals surface area (Å²) < 4.78 is 0. The molecule has 0 bridgehead atoms. The van der Waals surface area contributed by atoms with Crippen LogP contribution < -0.4 is 10.2 Å². The van der Waals surface area contributed by atoms with Crippen LogP contribution in [0.3, 0.4) is 0 Å². The Morgan fingerprint density at radius 1 is 1.27 bits per heavy atom. The van der Waals surface area contributed by atoms with E-state index in [0.717, 1.165) is 38.5 Å². The lowest BCUT2D eigenvalue weighted by Gasteiger charge is -2.29. The van der Waals surface area contributed by atoms with E-state index in [1.54, 1.807) is 0 Å². The lowest BCUT2D eigenvalue weighted by molar-refractivity contribution is -0.122. The van der Waals surface area contributed by atoms with Gasteiger partial charge in [0.05, 0.1) is 6.54 Å². The van der Waals surface area contributed by atoms with Crippen LogP contribution in [0.15, 0.2) is 30.3 Å². The number of benzene rings is 1. The zero-order valence-electron chi connectivity index (χ0n) is 13.9. The van der Waals surface area contributed by atoms with Crippen molar-refractivity contribution in [3.8, 4) is 0 Å². The number of carbonyl (C=O) groups is 1. The molecule has 1 saturated heterocycles. The van der Waals surface area contributed by atoms with Crippen LogP contribution in [-0.2, 0) is 4.79 Å². The number of amides is 1. The summed E-state index contributed by atoms with van der Waals surface area (Å²) in [6, 6.07) is 10.3. The fourth-order valence-electron chi connectivity index (χ4n) is 2.83. The number of hydrogen-bond donors (Lipinski definition) is 1. The summed E-state index contributed by atoms with van der Waals surface area (Å²) in [4.78, 5) is 16.4. The lowest BCUT2D eigenvalue weighted by Crippen LogP contribution is -2.41. The molecule has 1 aliphatic heterocycles. The molecule has 1 fully saturated rings. The van der Waals surface area contributed by atoms with Crippen molar-refractivity contribution in [2.75, 3.05) is 44.7 Å². The summed E-state index contributed by atoms with van der Waals surface area (Å²) >= 11 is 0. The van der Waals surface area contributed by atoms with Crippen LogP contribution in [-0.4, -0.2) is 50.6 Å². The molecule has 4 nitrogen and oxygen atoms in total. The van der Waals surface area contributed by atoms with E-state index in [1.165, 1.54) is 18.5 Å². The SMILES string of the molecule is CC1CCN(CC(=O)NCCCN(C)c2ccccc2)CC1. The number of likely N-dealkylation sites (tertiary alicyclic amines) is 1. The van der Waals surface area contributed by atoms with Crippen LogP contribution in [0.1, 0.15) is 26.2 Å². The van der Waals surface area contributed by atoms with Crippen LogP contribution in [0.5, 0.6) is 0 Å². The van der Waals surface area contributed by atoms with Crippen LogP contribution >= 0.6 is 0 Å². The van der Waals surface area contributed by atoms with Gasteiger partial charge in [-0.05, 0) is 50.4 Å². The first-order chi connectivity index (χ1) is 10.6. The van der Waals surface area contributed by atoms with Gasteiger partial charge in [-0.15, -0.1) is 0 Å². The Kier molecular flexibility index (Phi) is 6.72. The molecule has 0 spiro atoms. The predicted molar refractivity (Wildman–Crippen MR) is 92.2 cm³/mol. The Morgan fingerprint density at radius 2 is 1.95 bits per heavy atom. The molecule has 0 aliphatic carbocycles. The largest absolute Gasteiger partial charge is 0.375 e. The van der Waals surface area contributed by atoms with Crippen molar-refractivity contribution < 1.29 is 4.79 Å². The van der Waals surface area contributed by atoms with E-state index in [9.17, 15) is 4.79 Å². The Hall–Kier alpha value is -1.55. The number of piperidine rings is 1. The first-order valence-electron chi connectivity index (χ1n) is 8.40. The van der Waals surface area contributed by atoms with Crippen molar-refractivity contribution >= 4 is 11.6 Å². The first kappa shape index (κ1) is 16.8. The van der Waals surface area contributed by atoms with Crippen molar-refractivity contribution in [3.05, 3.63) is 30.3 Å². The summed E-state index contributed by atoms with van der Waals surface area (Å²) in [5, 5.41) is 3.04. The van der Waals surface area contributed by atoms with E-state index in [2.05, 4.69) is 41.2 Å². The van der Waals surface area contributed by atoms with E-state index < -0.39 is 0 Å². The number of hydrogen-bond acceptors (Lipinski definition) is 3. The van der Waals surface area contributed by atoms with Crippen LogP contribution in [0.25, 0.3) is 0 Å². The maximum Gasteiger partial charge on any atom is 0.234 e. The van der Waals surface area contributed by atoms with Crippen LogP contribution in [0, 0.1) is 5.92 Å². The first-order valence-corrected chi connectivity index (χ1v) is 8.40. The summed E-state index contributed by atoms with van der Waals surface area (Å²) in [5.74, 6) is 0.977. The van der Waals surface area contributed by atoms with Gasteiger partial charge in [-0.3, -0.25) is 9.69 Å². The van der Waals surface area contributed by atoms with Gasteiger partial charge < -0.3 is 10.2 Å². The second kappa shape index (κ2) is 8.79. The highest BCUT2D eigenvalue weighted by molar-refractivity contribution is 5.77. The molecule has 1 aromatic rings. The van der Waals surface area contributed by atoms with E-state index in [1.807, 2.05) is 18.2 Å². The second-order valence-electron chi connectivity index (χ2n) is 6.42. The Morgan fingerprint density at radius 3 is 2.64 bits per heavy atom. The molecule has 1 aliphatic rings. The monoisotopic (exact) mass is 303 g/mol. The standard InChI is InChI=1S/C18H29N3O/c1-16-9-13-21(14-10-16)15-18(22)19-11-6-12-20(2)17-7-4-3-5-8-17/h3-5,7-8,16H,6,9-15H2,1-2H3,(H,19,22). The predicted octanol–water partition coefficient (Wildman–Crippen LogP) is 2.36. The molecule has 2 rings (SSSR count). The molecule has 1 N–H and O–H groups in total. The number of para-hydroxylation sites is 1. The molecule has 1 amide bonds. The van der Waals surface area contributed by atoms with Gasteiger partial charge in [0.1, 0.15) is 0 Å². The number of anilines is 1. The maximum atomic E-state index is 11.9. The Labute approximate surface area is 134 Å². The molecule has 122 valence electrons. The molecule has 4 heteroatoms. The summed E-state index contributed by atoms with van der Waals surface area (Å²) in [5.41, 5.74) is 1.22. The normalized spacial score (nSPS) is 16.5. The highest BCUT2D eigenvalue weighted by Crippen LogP contribution is 2.15. The van der Waals surface area contributed by atoms with Gasteiger partial charge >= 0.3 is 0 Å². The van der Waals surface area contributed by atoms with Crippen molar-refractivity contribution in [1.82, 2.24) is 10.2 Å². The summed E-state index contributed by atoms with van der Waals surface area (Å²) in [7, 11) is 2.09. The number of carbonyl (C=O) groups excluding carboxylic acids is 1. The van der Waals surface area contributed by atoms with Crippen molar-refractivity contribution in [2.24, 2.45) is 5.92 Å². The minimum absolute atomic E-state index is 0.164. The van der Waals surface area contributed by atoms with Gasteiger partial charge in [-0.25, -0.2) is 0 Å².